The summed E-state index contributed by atoms with van der Waals surface area (Å²) < 4.78 is 26.7. The van der Waals surface area contributed by atoms with Gasteiger partial charge in [0, 0.05) is 5.57 Å². The molecule has 0 amide bonds. The molecule has 0 fully saturated rings. The van der Waals surface area contributed by atoms with E-state index in [1.54, 1.807) is 6.92 Å². The highest BCUT2D eigenvalue weighted by atomic mass is 32.2. The fraction of sp³-hybridized carbons (Fsp3) is 0.214. The Labute approximate surface area is 119 Å². The molecule has 6 heteroatoms. The standard InChI is InChI=1S/C10H12O3S.C4H6O2/c1-2-13-14(11,12)9-8-10-6-4-3-5-7-10;1-3(2)4(5)6/h3-9H,2H2,1H3;1H2,2H3,(H,5,6). The van der Waals surface area contributed by atoms with Gasteiger partial charge in [0.1, 0.15) is 0 Å². The third kappa shape index (κ3) is 9.07. The highest BCUT2D eigenvalue weighted by Crippen LogP contribution is 2.04. The summed E-state index contributed by atoms with van der Waals surface area (Å²) in [4.78, 5) is 9.60. The molecule has 0 spiro atoms. The quantitative estimate of drug-likeness (QED) is 0.667. The summed E-state index contributed by atoms with van der Waals surface area (Å²) in [6.45, 7) is 6.39. The van der Waals surface area contributed by atoms with Gasteiger partial charge >= 0.3 is 5.97 Å². The first-order valence-electron chi connectivity index (χ1n) is 5.80. The number of carbonyl (C=O) groups is 1. The van der Waals surface area contributed by atoms with E-state index in [0.29, 0.717) is 0 Å². The van der Waals surface area contributed by atoms with Crippen LogP contribution in [0.2, 0.25) is 0 Å². The smallest absolute Gasteiger partial charge is 0.330 e. The minimum Gasteiger partial charge on any atom is -0.478 e. The van der Waals surface area contributed by atoms with Gasteiger partial charge in [0.25, 0.3) is 10.1 Å². The van der Waals surface area contributed by atoms with Gasteiger partial charge in [-0.05, 0) is 25.5 Å². The van der Waals surface area contributed by atoms with Gasteiger partial charge in [0.2, 0.25) is 0 Å². The van der Waals surface area contributed by atoms with E-state index in [0.717, 1.165) is 11.0 Å². The molecular formula is C14H18O5S. The number of benzene rings is 1. The number of hydrogen-bond donors (Lipinski definition) is 1. The summed E-state index contributed by atoms with van der Waals surface area (Å²) in [6, 6.07) is 9.18. The summed E-state index contributed by atoms with van der Waals surface area (Å²) in [6.07, 6.45) is 1.50. The topological polar surface area (TPSA) is 80.7 Å². The van der Waals surface area contributed by atoms with Crippen molar-refractivity contribution in [3.8, 4) is 0 Å². The molecule has 1 N–H and O–H groups in total. The summed E-state index contributed by atoms with van der Waals surface area (Å²) in [5.74, 6) is -0.935. The maximum Gasteiger partial charge on any atom is 0.330 e. The molecule has 0 aromatic heterocycles. The number of hydrogen-bond acceptors (Lipinski definition) is 4. The molecule has 110 valence electrons. The second-order valence-corrected chi connectivity index (χ2v) is 5.19. The lowest BCUT2D eigenvalue weighted by molar-refractivity contribution is -0.132. The Bertz CT molecular complexity index is 546. The lowest BCUT2D eigenvalue weighted by atomic mass is 10.2. The van der Waals surface area contributed by atoms with Crippen LogP contribution in [0.3, 0.4) is 0 Å². The highest BCUT2D eigenvalue weighted by molar-refractivity contribution is 7.89. The van der Waals surface area contributed by atoms with E-state index in [2.05, 4.69) is 10.8 Å². The molecule has 1 aromatic rings. The Kier molecular flexibility index (Phi) is 8.19. The SMILES string of the molecule is C=C(C)C(=O)O.CCOS(=O)(=O)C=Cc1ccccc1. The van der Waals surface area contributed by atoms with E-state index in [4.69, 9.17) is 5.11 Å². The lowest BCUT2D eigenvalue weighted by Crippen LogP contribution is -2.00. The van der Waals surface area contributed by atoms with Gasteiger partial charge in [-0.3, -0.25) is 4.18 Å². The third-order valence-electron chi connectivity index (χ3n) is 1.87. The molecule has 0 atom stereocenters. The molecule has 20 heavy (non-hydrogen) atoms. The Morgan fingerprint density at radius 3 is 2.25 bits per heavy atom. The van der Waals surface area contributed by atoms with Crippen molar-refractivity contribution in [2.45, 2.75) is 13.8 Å². The average Bonchev–Trinajstić information content (AvgIpc) is 2.38. The van der Waals surface area contributed by atoms with Gasteiger partial charge in [-0.1, -0.05) is 36.9 Å². The number of carboxylic acids is 1. The molecule has 5 nitrogen and oxygen atoms in total. The Hall–Kier alpha value is -1.92. The molecule has 0 saturated heterocycles. The zero-order valence-corrected chi connectivity index (χ0v) is 12.3. The van der Waals surface area contributed by atoms with Crippen LogP contribution in [0.5, 0.6) is 0 Å². The molecular weight excluding hydrogens is 280 g/mol. The fourth-order valence-electron chi connectivity index (χ4n) is 0.930. The zero-order chi connectivity index (χ0) is 15.6. The normalized spacial score (nSPS) is 10.7. The van der Waals surface area contributed by atoms with Gasteiger partial charge < -0.3 is 5.11 Å². The number of aliphatic carboxylic acids is 1. The molecule has 0 aliphatic carbocycles. The molecule has 0 saturated carbocycles. The highest BCUT2D eigenvalue weighted by Gasteiger charge is 2.02. The van der Waals surface area contributed by atoms with Crippen molar-refractivity contribution in [1.82, 2.24) is 0 Å². The third-order valence-corrected chi connectivity index (χ3v) is 2.91. The van der Waals surface area contributed by atoms with Crippen LogP contribution in [-0.4, -0.2) is 26.1 Å². The Balaban J connectivity index is 0.000000511. The number of rotatable bonds is 5. The largest absolute Gasteiger partial charge is 0.478 e. The lowest BCUT2D eigenvalue weighted by Gasteiger charge is -1.96. The van der Waals surface area contributed by atoms with Crippen LogP contribution in [-0.2, 0) is 19.1 Å². The van der Waals surface area contributed by atoms with Crippen LogP contribution in [0.1, 0.15) is 19.4 Å². The van der Waals surface area contributed by atoms with Gasteiger partial charge in [-0.2, -0.15) is 8.42 Å². The van der Waals surface area contributed by atoms with Gasteiger partial charge in [-0.25, -0.2) is 4.79 Å². The first kappa shape index (κ1) is 18.1. The van der Waals surface area contributed by atoms with Crippen LogP contribution >= 0.6 is 0 Å². The van der Waals surface area contributed by atoms with Crippen molar-refractivity contribution in [2.24, 2.45) is 0 Å². The maximum atomic E-state index is 11.1. The minimum atomic E-state index is -3.51. The summed E-state index contributed by atoms with van der Waals surface area (Å²) in [5.41, 5.74) is 1.01. The summed E-state index contributed by atoms with van der Waals surface area (Å²) in [5, 5.41) is 8.95. The van der Waals surface area contributed by atoms with Crippen LogP contribution in [0.25, 0.3) is 6.08 Å². The minimum absolute atomic E-state index is 0.154. The summed E-state index contributed by atoms with van der Waals surface area (Å²) in [7, 11) is -3.51. The molecule has 0 aliphatic rings. The van der Waals surface area contributed by atoms with Crippen molar-refractivity contribution < 1.29 is 22.5 Å². The fourth-order valence-corrected chi connectivity index (χ4v) is 1.66. The van der Waals surface area contributed by atoms with Crippen LogP contribution in [0.4, 0.5) is 0 Å². The maximum absolute atomic E-state index is 11.1. The monoisotopic (exact) mass is 298 g/mol. The van der Waals surface area contributed by atoms with Crippen molar-refractivity contribution in [1.29, 1.82) is 0 Å². The van der Waals surface area contributed by atoms with E-state index in [-0.39, 0.29) is 12.2 Å². The van der Waals surface area contributed by atoms with E-state index < -0.39 is 16.1 Å². The average molecular weight is 298 g/mol. The van der Waals surface area contributed by atoms with Crippen LogP contribution in [0, 0.1) is 0 Å². The van der Waals surface area contributed by atoms with Crippen LogP contribution < -0.4 is 0 Å². The van der Waals surface area contributed by atoms with Crippen LogP contribution in [0.15, 0.2) is 47.9 Å². The van der Waals surface area contributed by atoms with E-state index in [1.165, 1.54) is 13.0 Å². The van der Waals surface area contributed by atoms with E-state index >= 15 is 0 Å². The molecule has 0 radical (unpaired) electrons. The van der Waals surface area contributed by atoms with Gasteiger partial charge in [-0.15, -0.1) is 0 Å². The Morgan fingerprint density at radius 2 is 1.85 bits per heavy atom. The summed E-state index contributed by atoms with van der Waals surface area (Å²) >= 11 is 0. The van der Waals surface area contributed by atoms with E-state index in [1.807, 2.05) is 30.3 Å². The zero-order valence-electron chi connectivity index (χ0n) is 11.4. The number of carboxylic acid groups (broad SMARTS) is 1. The van der Waals surface area contributed by atoms with Crippen molar-refractivity contribution in [3.63, 3.8) is 0 Å². The molecule has 0 unspecified atom stereocenters. The first-order chi connectivity index (χ1) is 9.28. The van der Waals surface area contributed by atoms with E-state index in [9.17, 15) is 13.2 Å². The van der Waals surface area contributed by atoms with Gasteiger partial charge in [0.15, 0.2) is 0 Å². The van der Waals surface area contributed by atoms with Gasteiger partial charge in [0.05, 0.1) is 12.0 Å². The molecule has 1 aromatic carbocycles. The second kappa shape index (κ2) is 9.06. The molecule has 0 bridgehead atoms. The van der Waals surface area contributed by atoms with Crippen molar-refractivity contribution >= 4 is 22.2 Å². The predicted octanol–water partition coefficient (Wildman–Crippen LogP) is 2.67. The predicted molar refractivity (Wildman–Crippen MR) is 78.5 cm³/mol. The van der Waals surface area contributed by atoms with Crippen molar-refractivity contribution in [3.05, 3.63) is 53.5 Å². The molecule has 1 rings (SSSR count). The Morgan fingerprint density at radius 1 is 1.35 bits per heavy atom. The van der Waals surface area contributed by atoms with Crippen molar-refractivity contribution in [2.75, 3.05) is 6.61 Å². The second-order valence-electron chi connectivity index (χ2n) is 3.70. The molecule has 0 aliphatic heterocycles. The first-order valence-corrected chi connectivity index (χ1v) is 7.27. The molecule has 0 heterocycles.